The highest BCUT2D eigenvalue weighted by Crippen LogP contribution is 2.34. The minimum atomic E-state index is -0.944. The maximum Gasteiger partial charge on any atom is 0.340 e. The highest BCUT2D eigenvalue weighted by molar-refractivity contribution is 6.07. The van der Waals surface area contributed by atoms with E-state index in [-0.39, 0.29) is 35.1 Å². The van der Waals surface area contributed by atoms with Gasteiger partial charge in [0.25, 0.3) is 11.8 Å². The number of benzene rings is 2. The summed E-state index contributed by atoms with van der Waals surface area (Å²) in [7, 11) is 2.76. The van der Waals surface area contributed by atoms with Crippen molar-refractivity contribution in [2.24, 2.45) is 0 Å². The maximum absolute atomic E-state index is 12.7. The van der Waals surface area contributed by atoms with Crippen molar-refractivity contribution in [3.63, 3.8) is 0 Å². The van der Waals surface area contributed by atoms with E-state index in [1.165, 1.54) is 44.7 Å². The predicted octanol–water partition coefficient (Wildman–Crippen LogP) is 2.73. The van der Waals surface area contributed by atoms with Crippen molar-refractivity contribution in [1.29, 1.82) is 0 Å². The Balaban J connectivity index is 1.64. The number of nitrogens with one attached hydrogen (secondary N) is 3. The number of anilines is 1. The van der Waals surface area contributed by atoms with E-state index in [9.17, 15) is 19.2 Å². The molecule has 0 bridgehead atoms. The van der Waals surface area contributed by atoms with Crippen LogP contribution in [0.1, 0.15) is 26.5 Å². The summed E-state index contributed by atoms with van der Waals surface area (Å²) in [6.07, 6.45) is 1.33. The quantitative estimate of drug-likeness (QED) is 0.396. The van der Waals surface area contributed by atoms with E-state index in [1.807, 2.05) is 30.3 Å². The summed E-state index contributed by atoms with van der Waals surface area (Å²) in [5.41, 5.74) is 0.776. The Labute approximate surface area is 200 Å². The van der Waals surface area contributed by atoms with Crippen LogP contribution in [-0.2, 0) is 16.1 Å². The molecule has 3 rings (SSSR count). The summed E-state index contributed by atoms with van der Waals surface area (Å²) in [4.78, 5) is 49.1. The molecular formula is C24H23N3O8. The Morgan fingerprint density at radius 1 is 0.914 bits per heavy atom. The molecule has 0 unspecified atom stereocenters. The molecule has 4 amide bonds. The second kappa shape index (κ2) is 11.9. The van der Waals surface area contributed by atoms with Gasteiger partial charge in [-0.25, -0.2) is 9.59 Å². The van der Waals surface area contributed by atoms with Crippen LogP contribution in [0.5, 0.6) is 11.5 Å². The smallest absolute Gasteiger partial charge is 0.340 e. The van der Waals surface area contributed by atoms with Crippen molar-refractivity contribution < 1.29 is 37.8 Å². The van der Waals surface area contributed by atoms with Gasteiger partial charge in [-0.1, -0.05) is 30.3 Å². The van der Waals surface area contributed by atoms with Crippen LogP contribution in [0, 0.1) is 0 Å². The summed E-state index contributed by atoms with van der Waals surface area (Å²) in [6, 6.07) is 14.0. The van der Waals surface area contributed by atoms with Crippen molar-refractivity contribution in [3.05, 3.63) is 77.7 Å². The molecule has 1 heterocycles. The molecule has 182 valence electrons. The summed E-state index contributed by atoms with van der Waals surface area (Å²) in [6.45, 7) is -0.526. The van der Waals surface area contributed by atoms with Gasteiger partial charge in [-0.2, -0.15) is 0 Å². The molecule has 0 aliphatic heterocycles. The lowest BCUT2D eigenvalue weighted by Crippen LogP contribution is -2.41. The van der Waals surface area contributed by atoms with Gasteiger partial charge in [0.1, 0.15) is 0 Å². The average molecular weight is 481 g/mol. The lowest BCUT2D eigenvalue weighted by Gasteiger charge is -2.15. The van der Waals surface area contributed by atoms with Crippen LogP contribution in [0.3, 0.4) is 0 Å². The van der Waals surface area contributed by atoms with E-state index < -0.39 is 30.4 Å². The van der Waals surface area contributed by atoms with Crippen LogP contribution in [0.4, 0.5) is 10.5 Å². The van der Waals surface area contributed by atoms with E-state index in [0.717, 1.165) is 5.56 Å². The maximum atomic E-state index is 12.7. The van der Waals surface area contributed by atoms with E-state index in [0.29, 0.717) is 0 Å². The van der Waals surface area contributed by atoms with Crippen molar-refractivity contribution in [2.75, 3.05) is 26.1 Å². The Hall–Kier alpha value is -4.80. The summed E-state index contributed by atoms with van der Waals surface area (Å²) in [5, 5.41) is 7.13. The van der Waals surface area contributed by atoms with Gasteiger partial charge in [0, 0.05) is 18.7 Å². The fraction of sp³-hybridized carbons (Fsp3) is 0.167. The number of methoxy groups -OCH3 is 2. The van der Waals surface area contributed by atoms with Crippen LogP contribution < -0.4 is 25.4 Å². The fourth-order valence-corrected chi connectivity index (χ4v) is 2.94. The average Bonchev–Trinajstić information content (AvgIpc) is 3.41. The zero-order valence-corrected chi connectivity index (χ0v) is 19.0. The van der Waals surface area contributed by atoms with E-state index in [2.05, 4.69) is 16.0 Å². The number of imide groups is 1. The third-order valence-electron chi connectivity index (χ3n) is 4.62. The number of hydrogen-bond acceptors (Lipinski definition) is 8. The molecule has 0 fully saturated rings. The lowest BCUT2D eigenvalue weighted by molar-refractivity contribution is -0.123. The summed E-state index contributed by atoms with van der Waals surface area (Å²) in [5.74, 6) is -1.96. The Bertz CT molecular complexity index is 1190. The molecule has 2 aromatic carbocycles. The van der Waals surface area contributed by atoms with Gasteiger partial charge >= 0.3 is 12.0 Å². The van der Waals surface area contributed by atoms with Crippen LogP contribution >= 0.6 is 0 Å². The minimum Gasteiger partial charge on any atom is -0.493 e. The number of hydrogen-bond donors (Lipinski definition) is 3. The molecule has 0 spiro atoms. The molecule has 35 heavy (non-hydrogen) atoms. The van der Waals surface area contributed by atoms with Gasteiger partial charge in [0.2, 0.25) is 0 Å². The normalized spacial score (nSPS) is 10.1. The van der Waals surface area contributed by atoms with Gasteiger partial charge < -0.3 is 29.3 Å². The monoisotopic (exact) mass is 481 g/mol. The number of rotatable bonds is 9. The SMILES string of the molecule is COc1cc(NC(=O)c2ccco2)c(C(=O)OCC(=O)NC(=O)NCc2ccccc2)cc1OC. The van der Waals surface area contributed by atoms with Gasteiger partial charge in [-0.3, -0.25) is 14.9 Å². The Kier molecular flexibility index (Phi) is 8.43. The Morgan fingerprint density at radius 2 is 1.63 bits per heavy atom. The first-order valence-electron chi connectivity index (χ1n) is 10.3. The molecule has 0 aliphatic carbocycles. The standard InChI is InChI=1S/C24H23N3O8/c1-32-19-11-16(17(12-20(19)33-2)26-22(29)18-9-6-10-34-18)23(30)35-14-21(28)27-24(31)25-13-15-7-4-3-5-8-15/h3-12H,13-14H2,1-2H3,(H,26,29)(H2,25,27,28,31). The minimum absolute atomic E-state index is 0.0139. The first kappa shape index (κ1) is 24.8. The first-order chi connectivity index (χ1) is 16.9. The number of amides is 4. The molecular weight excluding hydrogens is 458 g/mol. The molecule has 0 saturated carbocycles. The van der Waals surface area contributed by atoms with Crippen molar-refractivity contribution in [2.45, 2.75) is 6.54 Å². The van der Waals surface area contributed by atoms with Gasteiger partial charge in [-0.15, -0.1) is 0 Å². The fourth-order valence-electron chi connectivity index (χ4n) is 2.94. The molecule has 3 N–H and O–H groups in total. The first-order valence-corrected chi connectivity index (χ1v) is 10.3. The molecule has 0 radical (unpaired) electrons. The third kappa shape index (κ3) is 6.84. The second-order valence-electron chi connectivity index (χ2n) is 6.98. The van der Waals surface area contributed by atoms with Gasteiger partial charge in [0.05, 0.1) is 31.7 Å². The number of urea groups is 1. The molecule has 3 aromatic rings. The second-order valence-corrected chi connectivity index (χ2v) is 6.98. The summed E-state index contributed by atoms with van der Waals surface area (Å²) >= 11 is 0. The van der Waals surface area contributed by atoms with E-state index in [4.69, 9.17) is 18.6 Å². The van der Waals surface area contributed by atoms with Crippen LogP contribution in [0.15, 0.2) is 65.3 Å². The van der Waals surface area contributed by atoms with Crippen molar-refractivity contribution in [3.8, 4) is 11.5 Å². The largest absolute Gasteiger partial charge is 0.493 e. The van der Waals surface area contributed by atoms with Crippen LogP contribution in [0.2, 0.25) is 0 Å². The molecule has 0 aliphatic rings. The van der Waals surface area contributed by atoms with Crippen molar-refractivity contribution >= 4 is 29.5 Å². The van der Waals surface area contributed by atoms with Crippen LogP contribution in [0.25, 0.3) is 0 Å². The van der Waals surface area contributed by atoms with Gasteiger partial charge in [-0.05, 0) is 17.7 Å². The molecule has 0 atom stereocenters. The zero-order chi connectivity index (χ0) is 25.2. The molecule has 11 nitrogen and oxygen atoms in total. The van der Waals surface area contributed by atoms with Gasteiger partial charge in [0.15, 0.2) is 23.9 Å². The van der Waals surface area contributed by atoms with Crippen LogP contribution in [-0.4, -0.2) is 44.6 Å². The topological polar surface area (TPSA) is 145 Å². The molecule has 11 heteroatoms. The van der Waals surface area contributed by atoms with E-state index >= 15 is 0 Å². The summed E-state index contributed by atoms with van der Waals surface area (Å²) < 4.78 is 20.5. The number of esters is 1. The predicted molar refractivity (Wildman–Crippen MR) is 123 cm³/mol. The highest BCUT2D eigenvalue weighted by Gasteiger charge is 2.22. The third-order valence-corrected chi connectivity index (χ3v) is 4.62. The number of ether oxygens (including phenoxy) is 3. The zero-order valence-electron chi connectivity index (χ0n) is 19.0. The Morgan fingerprint density at radius 3 is 2.29 bits per heavy atom. The molecule has 1 aromatic heterocycles. The highest BCUT2D eigenvalue weighted by atomic mass is 16.5. The number of carbonyl (C=O) groups excluding carboxylic acids is 4. The lowest BCUT2D eigenvalue weighted by atomic mass is 10.1. The number of carbonyl (C=O) groups is 4. The molecule has 0 saturated heterocycles. The van der Waals surface area contributed by atoms with Crippen molar-refractivity contribution in [1.82, 2.24) is 10.6 Å². The van der Waals surface area contributed by atoms with E-state index in [1.54, 1.807) is 0 Å². The number of furan rings is 1.